The molecule has 0 spiro atoms. The lowest BCUT2D eigenvalue weighted by molar-refractivity contribution is -0.144. The third-order valence-electron chi connectivity index (χ3n) is 1.21. The molecule has 0 saturated carbocycles. The summed E-state index contributed by atoms with van der Waals surface area (Å²) >= 11 is 0. The monoisotopic (exact) mass is 174 g/mol. The van der Waals surface area contributed by atoms with Crippen LogP contribution in [0.25, 0.3) is 0 Å². The molecule has 0 aliphatic heterocycles. The van der Waals surface area contributed by atoms with E-state index in [2.05, 4.69) is 0 Å². The van der Waals surface area contributed by atoms with E-state index in [0.29, 0.717) is 6.42 Å². The van der Waals surface area contributed by atoms with Crippen LogP contribution in [0.4, 0.5) is 0 Å². The highest BCUT2D eigenvalue weighted by molar-refractivity contribution is 5.76. The molecule has 1 amide bonds. The fourth-order valence-corrected chi connectivity index (χ4v) is 0.606. The molecule has 5 heteroatoms. The summed E-state index contributed by atoms with van der Waals surface area (Å²) in [5.74, 6) is 4.20. The smallest absolute Gasteiger partial charge is 0.305 e. The van der Waals surface area contributed by atoms with Gasteiger partial charge in [-0.25, -0.2) is 5.84 Å². The SMILES string of the molecule is CCCC(=O)OCCC(=O)NN. The summed E-state index contributed by atoms with van der Waals surface area (Å²) in [4.78, 5) is 21.3. The van der Waals surface area contributed by atoms with Gasteiger partial charge in [-0.2, -0.15) is 0 Å². The normalized spacial score (nSPS) is 9.17. The van der Waals surface area contributed by atoms with Gasteiger partial charge in [-0.05, 0) is 6.42 Å². The van der Waals surface area contributed by atoms with Gasteiger partial charge >= 0.3 is 5.97 Å². The molecule has 0 heterocycles. The predicted molar refractivity (Wildman–Crippen MR) is 42.8 cm³/mol. The Labute approximate surface area is 71.2 Å². The Hall–Kier alpha value is -1.10. The number of hydrogen-bond donors (Lipinski definition) is 2. The number of nitrogens with two attached hydrogens (primary N) is 1. The predicted octanol–water partition coefficient (Wildman–Crippen LogP) is -0.290. The second-order valence-electron chi connectivity index (χ2n) is 2.29. The summed E-state index contributed by atoms with van der Waals surface area (Å²) in [5, 5.41) is 0. The Kier molecular flexibility index (Phi) is 6.00. The van der Waals surface area contributed by atoms with Gasteiger partial charge in [0.2, 0.25) is 5.91 Å². The Morgan fingerprint density at radius 2 is 2.08 bits per heavy atom. The molecule has 0 bridgehead atoms. The van der Waals surface area contributed by atoms with Gasteiger partial charge in [0.1, 0.15) is 6.61 Å². The van der Waals surface area contributed by atoms with E-state index in [1.165, 1.54) is 0 Å². The number of carbonyl (C=O) groups excluding carboxylic acids is 2. The highest BCUT2D eigenvalue weighted by Gasteiger charge is 2.02. The number of carbonyl (C=O) groups is 2. The van der Waals surface area contributed by atoms with E-state index in [4.69, 9.17) is 10.6 Å². The number of hydrogen-bond acceptors (Lipinski definition) is 4. The van der Waals surface area contributed by atoms with E-state index in [1.54, 1.807) is 0 Å². The minimum absolute atomic E-state index is 0.0991. The first-order valence-corrected chi connectivity index (χ1v) is 3.85. The van der Waals surface area contributed by atoms with Crippen molar-refractivity contribution in [1.29, 1.82) is 0 Å². The molecule has 0 saturated heterocycles. The molecule has 0 aliphatic carbocycles. The van der Waals surface area contributed by atoms with Crippen LogP contribution >= 0.6 is 0 Å². The topological polar surface area (TPSA) is 81.4 Å². The number of hydrazine groups is 1. The Balaban J connectivity index is 3.30. The van der Waals surface area contributed by atoms with Crippen LogP contribution in [0.5, 0.6) is 0 Å². The van der Waals surface area contributed by atoms with Gasteiger partial charge in [0.05, 0.1) is 6.42 Å². The van der Waals surface area contributed by atoms with Crippen molar-refractivity contribution < 1.29 is 14.3 Å². The average molecular weight is 174 g/mol. The van der Waals surface area contributed by atoms with Crippen molar-refractivity contribution in [2.75, 3.05) is 6.61 Å². The van der Waals surface area contributed by atoms with Crippen molar-refractivity contribution in [3.05, 3.63) is 0 Å². The molecule has 0 aromatic carbocycles. The van der Waals surface area contributed by atoms with E-state index in [1.807, 2.05) is 12.3 Å². The zero-order valence-electron chi connectivity index (χ0n) is 7.13. The molecule has 0 atom stereocenters. The second-order valence-corrected chi connectivity index (χ2v) is 2.29. The van der Waals surface area contributed by atoms with Crippen LogP contribution in [0.1, 0.15) is 26.2 Å². The third-order valence-corrected chi connectivity index (χ3v) is 1.21. The van der Waals surface area contributed by atoms with Crippen molar-refractivity contribution in [3.8, 4) is 0 Å². The molecule has 0 aromatic rings. The van der Waals surface area contributed by atoms with E-state index in [9.17, 15) is 9.59 Å². The molecule has 0 aliphatic rings. The molecule has 0 unspecified atom stereocenters. The van der Waals surface area contributed by atoms with Crippen LogP contribution < -0.4 is 11.3 Å². The number of amides is 1. The first-order valence-electron chi connectivity index (χ1n) is 3.85. The van der Waals surface area contributed by atoms with Crippen molar-refractivity contribution in [1.82, 2.24) is 5.43 Å². The lowest BCUT2D eigenvalue weighted by atomic mass is 10.3. The summed E-state index contributed by atoms with van der Waals surface area (Å²) in [6.45, 7) is 1.98. The molecule has 0 fully saturated rings. The van der Waals surface area contributed by atoms with Crippen LogP contribution in [0.15, 0.2) is 0 Å². The van der Waals surface area contributed by atoms with E-state index >= 15 is 0 Å². The molecule has 3 N–H and O–H groups in total. The van der Waals surface area contributed by atoms with Crippen molar-refractivity contribution in [2.24, 2.45) is 5.84 Å². The maximum absolute atomic E-state index is 10.7. The molecule has 5 nitrogen and oxygen atoms in total. The summed E-state index contributed by atoms with van der Waals surface area (Å²) in [7, 11) is 0. The first kappa shape index (κ1) is 10.9. The fraction of sp³-hybridized carbons (Fsp3) is 0.714. The maximum Gasteiger partial charge on any atom is 0.305 e. The Bertz CT molecular complexity index is 159. The van der Waals surface area contributed by atoms with E-state index in [0.717, 1.165) is 6.42 Å². The summed E-state index contributed by atoms with van der Waals surface area (Å²) in [6, 6.07) is 0. The minimum Gasteiger partial charge on any atom is -0.465 e. The highest BCUT2D eigenvalue weighted by atomic mass is 16.5. The lowest BCUT2D eigenvalue weighted by Gasteiger charge is -2.02. The molecule has 0 rings (SSSR count). The van der Waals surface area contributed by atoms with E-state index in [-0.39, 0.29) is 24.9 Å². The van der Waals surface area contributed by atoms with Gasteiger partial charge in [0.25, 0.3) is 0 Å². The summed E-state index contributed by atoms with van der Waals surface area (Å²) in [5.41, 5.74) is 1.94. The van der Waals surface area contributed by atoms with Gasteiger partial charge < -0.3 is 4.74 Å². The molecular formula is C7H14N2O3. The Morgan fingerprint density at radius 3 is 2.58 bits per heavy atom. The lowest BCUT2D eigenvalue weighted by Crippen LogP contribution is -2.30. The zero-order chi connectivity index (χ0) is 9.40. The highest BCUT2D eigenvalue weighted by Crippen LogP contribution is 1.92. The zero-order valence-corrected chi connectivity index (χ0v) is 7.13. The van der Waals surface area contributed by atoms with Crippen molar-refractivity contribution in [2.45, 2.75) is 26.2 Å². The first-order chi connectivity index (χ1) is 5.70. The second kappa shape index (κ2) is 6.60. The van der Waals surface area contributed by atoms with Crippen LogP contribution in [-0.4, -0.2) is 18.5 Å². The summed E-state index contributed by atoms with van der Waals surface area (Å²) in [6.07, 6.45) is 1.26. The van der Waals surface area contributed by atoms with Crippen LogP contribution in [0.2, 0.25) is 0 Å². The van der Waals surface area contributed by atoms with Crippen molar-refractivity contribution >= 4 is 11.9 Å². The maximum atomic E-state index is 10.7. The molecule has 0 radical (unpaired) electrons. The number of esters is 1. The third kappa shape index (κ3) is 5.67. The number of ether oxygens (including phenoxy) is 1. The summed E-state index contributed by atoms with van der Waals surface area (Å²) < 4.78 is 4.70. The van der Waals surface area contributed by atoms with Crippen molar-refractivity contribution in [3.63, 3.8) is 0 Å². The van der Waals surface area contributed by atoms with Crippen LogP contribution in [0.3, 0.4) is 0 Å². The van der Waals surface area contributed by atoms with Gasteiger partial charge in [-0.15, -0.1) is 0 Å². The quantitative estimate of drug-likeness (QED) is 0.260. The molecule has 0 aromatic heterocycles. The van der Waals surface area contributed by atoms with Gasteiger partial charge in [0, 0.05) is 6.42 Å². The standard InChI is InChI=1S/C7H14N2O3/c1-2-3-7(11)12-5-4-6(10)9-8/h2-5,8H2,1H3,(H,9,10). The van der Waals surface area contributed by atoms with Gasteiger partial charge in [0.15, 0.2) is 0 Å². The molecule has 70 valence electrons. The van der Waals surface area contributed by atoms with Crippen LogP contribution in [0, 0.1) is 0 Å². The molecule has 12 heavy (non-hydrogen) atoms. The fourth-order valence-electron chi connectivity index (χ4n) is 0.606. The van der Waals surface area contributed by atoms with Crippen LogP contribution in [-0.2, 0) is 14.3 Å². The number of nitrogens with one attached hydrogen (secondary N) is 1. The Morgan fingerprint density at radius 1 is 1.42 bits per heavy atom. The van der Waals surface area contributed by atoms with Gasteiger partial charge in [-0.1, -0.05) is 6.92 Å². The van der Waals surface area contributed by atoms with E-state index < -0.39 is 0 Å². The largest absolute Gasteiger partial charge is 0.465 e. The van der Waals surface area contributed by atoms with Gasteiger partial charge in [-0.3, -0.25) is 15.0 Å². The minimum atomic E-state index is -0.334. The number of rotatable bonds is 5. The molecular weight excluding hydrogens is 160 g/mol. The average Bonchev–Trinajstić information content (AvgIpc) is 2.04.